The first kappa shape index (κ1) is 14.4. The molecular formula is C17H18N4OS. The van der Waals surface area contributed by atoms with Gasteiger partial charge < -0.3 is 4.90 Å². The normalized spacial score (nSPS) is 17.0. The number of nitrogens with zero attached hydrogens (tertiary/aromatic N) is 4. The molecule has 0 N–H and O–H groups in total. The number of para-hydroxylation sites is 1. The summed E-state index contributed by atoms with van der Waals surface area (Å²) in [5, 5.41) is 5.24. The van der Waals surface area contributed by atoms with E-state index in [2.05, 4.69) is 46.2 Å². The fraction of sp³-hybridized carbons (Fsp3) is 0.353. The quantitative estimate of drug-likeness (QED) is 0.742. The summed E-state index contributed by atoms with van der Waals surface area (Å²) in [6.07, 6.45) is 1.86. The third kappa shape index (κ3) is 2.43. The Balaban J connectivity index is 1.72. The maximum Gasteiger partial charge on any atom is 0.275 e. The minimum atomic E-state index is -0.0962. The number of benzene rings is 1. The van der Waals surface area contributed by atoms with Gasteiger partial charge >= 0.3 is 0 Å². The van der Waals surface area contributed by atoms with Crippen molar-refractivity contribution in [2.24, 2.45) is 0 Å². The Bertz CT molecular complexity index is 930. The zero-order chi connectivity index (χ0) is 16.0. The van der Waals surface area contributed by atoms with Crippen LogP contribution in [0.5, 0.6) is 0 Å². The number of hydrogen-bond acceptors (Lipinski definition) is 5. The molecule has 0 saturated carbocycles. The molecule has 5 nitrogen and oxygen atoms in total. The second-order valence-corrected chi connectivity index (χ2v) is 6.98. The average Bonchev–Trinajstić information content (AvgIpc) is 3.09. The fourth-order valence-corrected chi connectivity index (χ4v) is 4.02. The molecule has 1 aliphatic rings. The van der Waals surface area contributed by atoms with Gasteiger partial charge in [-0.3, -0.25) is 4.79 Å². The summed E-state index contributed by atoms with van der Waals surface area (Å²) < 4.78 is 1.41. The van der Waals surface area contributed by atoms with Crippen LogP contribution in [0, 0.1) is 0 Å². The number of fused-ring (bicyclic) bond motifs is 2. The molecule has 0 amide bonds. The van der Waals surface area contributed by atoms with Gasteiger partial charge in [0, 0.05) is 17.8 Å². The summed E-state index contributed by atoms with van der Waals surface area (Å²) in [7, 11) is 0. The van der Waals surface area contributed by atoms with Crippen molar-refractivity contribution in [3.05, 3.63) is 57.0 Å². The lowest BCUT2D eigenvalue weighted by molar-refractivity contribution is 0.663. The van der Waals surface area contributed by atoms with Crippen LogP contribution in [-0.2, 0) is 19.4 Å². The second kappa shape index (κ2) is 5.45. The highest BCUT2D eigenvalue weighted by atomic mass is 32.1. The van der Waals surface area contributed by atoms with Crippen molar-refractivity contribution in [3.63, 3.8) is 0 Å². The van der Waals surface area contributed by atoms with E-state index < -0.39 is 0 Å². The van der Waals surface area contributed by atoms with Crippen molar-refractivity contribution in [2.45, 2.75) is 39.3 Å². The molecule has 1 atom stereocenters. The van der Waals surface area contributed by atoms with Crippen molar-refractivity contribution < 1.29 is 0 Å². The zero-order valence-electron chi connectivity index (χ0n) is 13.2. The highest BCUT2D eigenvalue weighted by molar-refractivity contribution is 7.16. The van der Waals surface area contributed by atoms with Gasteiger partial charge in [-0.05, 0) is 31.4 Å². The zero-order valence-corrected chi connectivity index (χ0v) is 14.0. The van der Waals surface area contributed by atoms with Crippen molar-refractivity contribution in [1.82, 2.24) is 14.6 Å². The Labute approximate surface area is 138 Å². The molecule has 0 bridgehead atoms. The van der Waals surface area contributed by atoms with Crippen LogP contribution in [0.1, 0.15) is 30.1 Å². The Hall–Kier alpha value is -2.21. The van der Waals surface area contributed by atoms with E-state index in [1.165, 1.54) is 27.1 Å². The molecule has 0 unspecified atom stereocenters. The SMILES string of the molecule is CCc1nn2c(=O)cc(CN3c4ccccc4C[C@@H]3C)nc2s1. The lowest BCUT2D eigenvalue weighted by Gasteiger charge is -2.24. The van der Waals surface area contributed by atoms with E-state index in [0.717, 1.165) is 23.5 Å². The number of hydrogen-bond donors (Lipinski definition) is 0. The number of aryl methyl sites for hydroxylation is 1. The van der Waals surface area contributed by atoms with Crippen LogP contribution in [0.15, 0.2) is 35.1 Å². The third-order valence-electron chi connectivity index (χ3n) is 4.32. The van der Waals surface area contributed by atoms with Gasteiger partial charge in [-0.25, -0.2) is 4.98 Å². The average molecular weight is 326 g/mol. The van der Waals surface area contributed by atoms with Crippen LogP contribution in [0.25, 0.3) is 4.96 Å². The molecule has 1 aromatic carbocycles. The first-order chi connectivity index (χ1) is 11.2. The van der Waals surface area contributed by atoms with Gasteiger partial charge in [-0.1, -0.05) is 36.5 Å². The summed E-state index contributed by atoms with van der Waals surface area (Å²) in [6, 6.07) is 10.5. The van der Waals surface area contributed by atoms with Gasteiger partial charge in [0.15, 0.2) is 0 Å². The van der Waals surface area contributed by atoms with E-state index in [4.69, 9.17) is 0 Å². The van der Waals surface area contributed by atoms with Crippen molar-refractivity contribution in [2.75, 3.05) is 4.90 Å². The topological polar surface area (TPSA) is 50.5 Å². The van der Waals surface area contributed by atoms with Gasteiger partial charge in [0.25, 0.3) is 5.56 Å². The van der Waals surface area contributed by atoms with Gasteiger partial charge in [0.1, 0.15) is 5.01 Å². The lowest BCUT2D eigenvalue weighted by atomic mass is 10.1. The molecule has 0 radical (unpaired) electrons. The molecule has 0 spiro atoms. The molecule has 3 heterocycles. The van der Waals surface area contributed by atoms with E-state index in [1.54, 1.807) is 6.07 Å². The maximum absolute atomic E-state index is 12.3. The first-order valence-corrected chi connectivity index (χ1v) is 8.70. The predicted molar refractivity (Wildman–Crippen MR) is 92.3 cm³/mol. The highest BCUT2D eigenvalue weighted by Gasteiger charge is 2.26. The molecule has 0 saturated heterocycles. The summed E-state index contributed by atoms with van der Waals surface area (Å²) in [6.45, 7) is 4.91. The van der Waals surface area contributed by atoms with E-state index in [0.29, 0.717) is 17.5 Å². The van der Waals surface area contributed by atoms with Gasteiger partial charge in [-0.2, -0.15) is 9.61 Å². The Kier molecular flexibility index (Phi) is 3.41. The molecule has 118 valence electrons. The summed E-state index contributed by atoms with van der Waals surface area (Å²) >= 11 is 1.49. The minimum Gasteiger partial charge on any atom is -0.362 e. The van der Waals surface area contributed by atoms with Gasteiger partial charge in [0.05, 0.1) is 12.2 Å². The first-order valence-electron chi connectivity index (χ1n) is 7.89. The predicted octanol–water partition coefficient (Wildman–Crippen LogP) is 2.66. The Morgan fingerprint density at radius 3 is 3.00 bits per heavy atom. The van der Waals surface area contributed by atoms with E-state index in [9.17, 15) is 4.79 Å². The molecular weight excluding hydrogens is 308 g/mol. The molecule has 0 aliphatic carbocycles. The minimum absolute atomic E-state index is 0.0962. The summed E-state index contributed by atoms with van der Waals surface area (Å²) in [4.78, 5) is 19.9. The van der Waals surface area contributed by atoms with Gasteiger partial charge in [0.2, 0.25) is 4.96 Å². The molecule has 3 aromatic rings. The largest absolute Gasteiger partial charge is 0.362 e. The van der Waals surface area contributed by atoms with Gasteiger partial charge in [-0.15, -0.1) is 0 Å². The van der Waals surface area contributed by atoms with Crippen molar-refractivity contribution >= 4 is 22.0 Å². The summed E-state index contributed by atoms with van der Waals surface area (Å²) in [5.74, 6) is 0. The molecule has 6 heteroatoms. The van der Waals surface area contributed by atoms with Crippen LogP contribution in [-0.4, -0.2) is 20.6 Å². The van der Waals surface area contributed by atoms with E-state index in [1.807, 2.05) is 6.92 Å². The number of rotatable bonds is 3. The molecule has 4 rings (SSSR count). The van der Waals surface area contributed by atoms with E-state index in [-0.39, 0.29) is 5.56 Å². The monoisotopic (exact) mass is 326 g/mol. The number of anilines is 1. The molecule has 1 aliphatic heterocycles. The number of aromatic nitrogens is 3. The van der Waals surface area contributed by atoms with E-state index >= 15 is 0 Å². The van der Waals surface area contributed by atoms with Crippen LogP contribution >= 0.6 is 11.3 Å². The highest BCUT2D eigenvalue weighted by Crippen LogP contribution is 2.32. The van der Waals surface area contributed by atoms with Crippen LogP contribution in [0.3, 0.4) is 0 Å². The second-order valence-electron chi connectivity index (χ2n) is 5.94. The smallest absolute Gasteiger partial charge is 0.275 e. The molecule has 2 aromatic heterocycles. The molecule has 23 heavy (non-hydrogen) atoms. The standard InChI is InChI=1S/C17H18N4OS/c1-3-15-19-21-16(22)9-13(18-17(21)23-15)10-20-11(2)8-12-6-4-5-7-14(12)20/h4-7,9,11H,3,8,10H2,1-2H3/t11-/m0/s1. The van der Waals surface area contributed by atoms with Crippen molar-refractivity contribution in [3.8, 4) is 0 Å². The lowest BCUT2D eigenvalue weighted by Crippen LogP contribution is -2.30. The van der Waals surface area contributed by atoms with Crippen LogP contribution < -0.4 is 10.5 Å². The fourth-order valence-electron chi connectivity index (χ4n) is 3.16. The van der Waals surface area contributed by atoms with Crippen LogP contribution in [0.2, 0.25) is 0 Å². The van der Waals surface area contributed by atoms with Crippen molar-refractivity contribution in [1.29, 1.82) is 0 Å². The Morgan fingerprint density at radius 1 is 1.35 bits per heavy atom. The van der Waals surface area contributed by atoms with Crippen LogP contribution in [0.4, 0.5) is 5.69 Å². The summed E-state index contributed by atoms with van der Waals surface area (Å²) in [5.41, 5.74) is 3.33. The third-order valence-corrected chi connectivity index (χ3v) is 5.38. The maximum atomic E-state index is 12.3. The Morgan fingerprint density at radius 2 is 2.17 bits per heavy atom. The molecule has 0 fully saturated rings.